The number of aromatic nitrogens is 1. The highest BCUT2D eigenvalue weighted by atomic mass is 14.9. The normalized spacial score (nSPS) is 11.3. The molecule has 4 aromatic rings. The fourth-order valence-electron chi connectivity index (χ4n) is 3.29. The number of hydrogen-bond acceptors (Lipinski definition) is 0. The summed E-state index contributed by atoms with van der Waals surface area (Å²) < 4.78 is 2.30. The van der Waals surface area contributed by atoms with E-state index in [9.17, 15) is 0 Å². The molecule has 0 saturated heterocycles. The van der Waals surface area contributed by atoms with Gasteiger partial charge in [0.2, 0.25) is 0 Å². The molecule has 1 nitrogen and oxygen atoms in total. The lowest BCUT2D eigenvalue weighted by molar-refractivity contribution is 0.956. The van der Waals surface area contributed by atoms with Gasteiger partial charge in [-0.15, -0.1) is 0 Å². The third-order valence-corrected chi connectivity index (χ3v) is 4.52. The Balaban J connectivity index is 1.71. The van der Waals surface area contributed by atoms with Gasteiger partial charge in [0, 0.05) is 28.9 Å². The van der Waals surface area contributed by atoms with E-state index in [1.165, 1.54) is 32.9 Å². The van der Waals surface area contributed by atoms with Gasteiger partial charge in [-0.1, -0.05) is 60.7 Å². The second kappa shape index (κ2) is 5.34. The van der Waals surface area contributed by atoms with Crippen LogP contribution in [0.1, 0.15) is 11.1 Å². The van der Waals surface area contributed by atoms with Crippen LogP contribution in [0.3, 0.4) is 0 Å². The molecule has 3 aromatic carbocycles. The molecule has 0 radical (unpaired) electrons. The summed E-state index contributed by atoms with van der Waals surface area (Å²) in [5.41, 5.74) is 5.44. The van der Waals surface area contributed by atoms with E-state index in [2.05, 4.69) is 84.4 Å². The maximum absolute atomic E-state index is 2.35. The third kappa shape index (κ3) is 2.19. The zero-order valence-corrected chi connectivity index (χ0v) is 12.8. The van der Waals surface area contributed by atoms with Gasteiger partial charge in [0.05, 0.1) is 0 Å². The van der Waals surface area contributed by atoms with Crippen LogP contribution in [0.5, 0.6) is 0 Å². The minimum absolute atomic E-state index is 1.08. The van der Waals surface area contributed by atoms with Gasteiger partial charge in [0.1, 0.15) is 0 Å². The van der Waals surface area contributed by atoms with Gasteiger partial charge in [-0.25, -0.2) is 0 Å². The second-order valence-corrected chi connectivity index (χ2v) is 5.91. The number of para-hydroxylation sites is 1. The van der Waals surface area contributed by atoms with Crippen LogP contribution in [-0.4, -0.2) is 4.57 Å². The molecule has 1 heterocycles. The Morgan fingerprint density at radius 3 is 2.18 bits per heavy atom. The van der Waals surface area contributed by atoms with Gasteiger partial charge in [-0.2, -0.15) is 0 Å². The van der Waals surface area contributed by atoms with E-state index in [-0.39, 0.29) is 0 Å². The number of aryl methyl sites for hydroxylation is 3. The fraction of sp³-hybridized carbons (Fsp3) is 0.143. The van der Waals surface area contributed by atoms with Crippen molar-refractivity contribution in [1.29, 1.82) is 0 Å². The van der Waals surface area contributed by atoms with E-state index >= 15 is 0 Å². The number of hydrogen-bond donors (Lipinski definition) is 0. The van der Waals surface area contributed by atoms with Gasteiger partial charge in [-0.3, -0.25) is 0 Å². The first kappa shape index (κ1) is 13.1. The Labute approximate surface area is 130 Å². The zero-order chi connectivity index (χ0) is 14.9. The summed E-state index contributed by atoms with van der Waals surface area (Å²) in [7, 11) is 2.16. The van der Waals surface area contributed by atoms with Crippen LogP contribution >= 0.6 is 0 Å². The van der Waals surface area contributed by atoms with Crippen LogP contribution < -0.4 is 0 Å². The molecule has 0 unspecified atom stereocenters. The number of nitrogens with zero attached hydrogens (tertiary/aromatic N) is 1. The lowest BCUT2D eigenvalue weighted by atomic mass is 10.0. The molecule has 0 bridgehead atoms. The molecule has 1 heteroatoms. The van der Waals surface area contributed by atoms with Crippen molar-refractivity contribution in [1.82, 2.24) is 4.57 Å². The predicted molar refractivity (Wildman–Crippen MR) is 94.3 cm³/mol. The van der Waals surface area contributed by atoms with E-state index in [1.807, 2.05) is 0 Å². The molecule has 0 amide bonds. The molecule has 0 saturated carbocycles. The van der Waals surface area contributed by atoms with Gasteiger partial charge in [-0.05, 0) is 36.1 Å². The third-order valence-electron chi connectivity index (χ3n) is 4.52. The van der Waals surface area contributed by atoms with E-state index in [0.717, 1.165) is 12.8 Å². The number of fused-ring (bicyclic) bond motifs is 3. The summed E-state index contributed by atoms with van der Waals surface area (Å²) in [6, 6.07) is 26.2. The molecule has 0 atom stereocenters. The lowest BCUT2D eigenvalue weighted by Crippen LogP contribution is -1.92. The molecule has 1 aromatic heterocycles. The Bertz CT molecular complexity index is 932. The molecule has 22 heavy (non-hydrogen) atoms. The fourth-order valence-corrected chi connectivity index (χ4v) is 3.29. The summed E-state index contributed by atoms with van der Waals surface area (Å²) in [6.07, 6.45) is 2.18. The highest BCUT2D eigenvalue weighted by molar-refractivity contribution is 6.08. The highest BCUT2D eigenvalue weighted by Gasteiger charge is 2.08. The summed E-state index contributed by atoms with van der Waals surface area (Å²) >= 11 is 0. The smallest absolute Gasteiger partial charge is 0.0491 e. The molecule has 0 aliphatic carbocycles. The molecular weight excluding hydrogens is 266 g/mol. The maximum Gasteiger partial charge on any atom is 0.0491 e. The quantitative estimate of drug-likeness (QED) is 0.492. The van der Waals surface area contributed by atoms with Gasteiger partial charge < -0.3 is 4.57 Å². The van der Waals surface area contributed by atoms with Crippen molar-refractivity contribution >= 4 is 21.8 Å². The molecule has 0 aliphatic rings. The van der Waals surface area contributed by atoms with Crippen LogP contribution in [0.15, 0.2) is 72.8 Å². The maximum atomic E-state index is 2.35. The average molecular weight is 285 g/mol. The molecule has 0 aliphatic heterocycles. The molecule has 0 N–H and O–H groups in total. The minimum atomic E-state index is 1.08. The van der Waals surface area contributed by atoms with Crippen molar-refractivity contribution in [2.45, 2.75) is 12.8 Å². The topological polar surface area (TPSA) is 4.93 Å². The second-order valence-electron chi connectivity index (χ2n) is 5.91. The summed E-state index contributed by atoms with van der Waals surface area (Å²) in [5, 5.41) is 2.69. The predicted octanol–water partition coefficient (Wildman–Crippen LogP) is 5.12. The van der Waals surface area contributed by atoms with E-state index in [0.29, 0.717) is 0 Å². The van der Waals surface area contributed by atoms with Crippen molar-refractivity contribution < 1.29 is 0 Å². The van der Waals surface area contributed by atoms with Gasteiger partial charge >= 0.3 is 0 Å². The Hall–Kier alpha value is -2.54. The highest BCUT2D eigenvalue weighted by Crippen LogP contribution is 2.28. The number of benzene rings is 3. The molecule has 4 rings (SSSR count). The van der Waals surface area contributed by atoms with Crippen LogP contribution in [-0.2, 0) is 19.9 Å². The van der Waals surface area contributed by atoms with Crippen LogP contribution in [0.2, 0.25) is 0 Å². The van der Waals surface area contributed by atoms with Crippen LogP contribution in [0, 0.1) is 0 Å². The Kier molecular flexibility index (Phi) is 3.19. The largest absolute Gasteiger partial charge is 0.344 e. The van der Waals surface area contributed by atoms with E-state index < -0.39 is 0 Å². The number of rotatable bonds is 3. The van der Waals surface area contributed by atoms with Crippen molar-refractivity contribution in [3.63, 3.8) is 0 Å². The summed E-state index contributed by atoms with van der Waals surface area (Å²) in [5.74, 6) is 0. The van der Waals surface area contributed by atoms with E-state index in [1.54, 1.807) is 0 Å². The molecular formula is C21H19N. The molecule has 0 fully saturated rings. The average Bonchev–Trinajstić information content (AvgIpc) is 2.87. The first-order valence-corrected chi connectivity index (χ1v) is 7.83. The van der Waals surface area contributed by atoms with E-state index in [4.69, 9.17) is 0 Å². The van der Waals surface area contributed by atoms with Crippen molar-refractivity contribution in [2.75, 3.05) is 0 Å². The Morgan fingerprint density at radius 1 is 0.636 bits per heavy atom. The first-order chi connectivity index (χ1) is 10.8. The summed E-state index contributed by atoms with van der Waals surface area (Å²) in [6.45, 7) is 0. The van der Waals surface area contributed by atoms with Gasteiger partial charge in [0.25, 0.3) is 0 Å². The standard InChI is InChI=1S/C21H19N/c1-22-20-10-6-5-9-18(20)19-14-13-17(15-21(19)22)12-11-16-7-3-2-4-8-16/h2-10,13-15H,11-12H2,1H3. The lowest BCUT2D eigenvalue weighted by Gasteiger charge is -2.04. The first-order valence-electron chi connectivity index (χ1n) is 7.83. The SMILES string of the molecule is Cn1c2ccccc2c2ccc(CCc3ccccc3)cc21. The zero-order valence-electron chi connectivity index (χ0n) is 12.8. The Morgan fingerprint density at radius 2 is 1.32 bits per heavy atom. The molecule has 0 spiro atoms. The monoisotopic (exact) mass is 285 g/mol. The summed E-state index contributed by atoms with van der Waals surface area (Å²) in [4.78, 5) is 0. The van der Waals surface area contributed by atoms with Crippen LogP contribution in [0.4, 0.5) is 0 Å². The van der Waals surface area contributed by atoms with Gasteiger partial charge in [0.15, 0.2) is 0 Å². The molecule has 108 valence electrons. The van der Waals surface area contributed by atoms with Crippen molar-refractivity contribution in [3.05, 3.63) is 83.9 Å². The minimum Gasteiger partial charge on any atom is -0.344 e. The van der Waals surface area contributed by atoms with Crippen molar-refractivity contribution in [2.24, 2.45) is 7.05 Å². The van der Waals surface area contributed by atoms with Crippen LogP contribution in [0.25, 0.3) is 21.8 Å². The van der Waals surface area contributed by atoms with Crippen molar-refractivity contribution in [3.8, 4) is 0 Å².